The van der Waals surface area contributed by atoms with E-state index in [9.17, 15) is 19.5 Å². The Hall–Kier alpha value is -2.74. The van der Waals surface area contributed by atoms with Gasteiger partial charge in [-0.15, -0.1) is 0 Å². The van der Waals surface area contributed by atoms with Crippen molar-refractivity contribution >= 4 is 29.3 Å². The molecule has 8 atom stereocenters. The molecule has 1 amide bonds. The average Bonchev–Trinajstić information content (AvgIpc) is 3.48. The molecule has 0 heterocycles. The van der Waals surface area contributed by atoms with Crippen LogP contribution in [-0.4, -0.2) is 72.8 Å². The number of carboxylic acids is 1. The van der Waals surface area contributed by atoms with Gasteiger partial charge >= 0.3 is 5.97 Å². The molecule has 1 aromatic carbocycles. The third-order valence-electron chi connectivity index (χ3n) is 17.4. The van der Waals surface area contributed by atoms with Gasteiger partial charge in [0.2, 0.25) is 5.91 Å². The molecular weight excluding hydrogens is 742 g/mol. The Morgan fingerprint density at radius 2 is 1.62 bits per heavy atom. The molecule has 2 N–H and O–H groups in total. The molecule has 58 heavy (non-hydrogen) atoms. The fourth-order valence-corrected chi connectivity index (χ4v) is 14.4. The molecule has 6 aliphatic rings. The number of aliphatic carboxylic acids is 1. The first-order chi connectivity index (χ1) is 27.3. The minimum absolute atomic E-state index is 0.00978. The number of nitrogens with one attached hydrogen (secondary N) is 1. The Morgan fingerprint density at radius 1 is 0.897 bits per heavy atom. The Morgan fingerprint density at radius 3 is 2.26 bits per heavy atom. The van der Waals surface area contributed by atoms with E-state index >= 15 is 0 Å². The quantitative estimate of drug-likeness (QED) is 0.219. The lowest BCUT2D eigenvalue weighted by molar-refractivity contribution is -0.199. The van der Waals surface area contributed by atoms with Crippen LogP contribution in [0.5, 0.6) is 0 Å². The zero-order valence-corrected chi connectivity index (χ0v) is 37.9. The molecule has 3 fully saturated rings. The van der Waals surface area contributed by atoms with Gasteiger partial charge < -0.3 is 15.3 Å². The molecule has 0 unspecified atom stereocenters. The van der Waals surface area contributed by atoms with Crippen molar-refractivity contribution in [2.45, 2.75) is 126 Å². The maximum Gasteiger partial charge on any atom is 0.306 e. The van der Waals surface area contributed by atoms with E-state index in [0.717, 1.165) is 88.1 Å². The van der Waals surface area contributed by atoms with Crippen LogP contribution in [0.3, 0.4) is 0 Å². The summed E-state index contributed by atoms with van der Waals surface area (Å²) in [5.74, 6) is 0.721. The predicted octanol–water partition coefficient (Wildman–Crippen LogP) is 10.1. The summed E-state index contributed by atoms with van der Waals surface area (Å²) >= 11 is 6.19. The summed E-state index contributed by atoms with van der Waals surface area (Å²) in [6.45, 7) is 20.9. The number of rotatable bonds is 12. The van der Waals surface area contributed by atoms with Crippen molar-refractivity contribution < 1.29 is 19.5 Å². The molecule has 7 nitrogen and oxygen atoms in total. The minimum Gasteiger partial charge on any atom is -0.481 e. The van der Waals surface area contributed by atoms with Crippen molar-refractivity contribution in [2.75, 3.05) is 40.3 Å². The Balaban J connectivity index is 1.13. The van der Waals surface area contributed by atoms with Crippen LogP contribution < -0.4 is 5.32 Å². The monoisotopic (exact) mass is 814 g/mol. The third-order valence-corrected chi connectivity index (χ3v) is 17.7. The number of Topliss-reactive ketones (excluding diaryl/α,β-unsaturated/α-hetero) is 1. The van der Waals surface area contributed by atoms with Crippen LogP contribution in [-0.2, 0) is 20.9 Å². The fraction of sp³-hybridized carbons (Fsp3) is 0.700. The number of allylic oxidation sites excluding steroid dienone is 5. The van der Waals surface area contributed by atoms with Crippen LogP contribution in [0.2, 0.25) is 5.02 Å². The fourth-order valence-electron chi connectivity index (χ4n) is 14.3. The SMILES string of the molecule is CC(C)C1=C2[C@H]3CC[C@@H]4[C@@]5(C)CC=C(C6=CC[C@@H](C(=O)O)CC6)C(C)(C)[C@@H]5CC[C@@]4(C)[C@]3(C)CC[C@@]2(C(=O)NCCN(CCN(C)C)Cc2ccc(Cl)cc2)CC1=O. The lowest BCUT2D eigenvalue weighted by Crippen LogP contribution is -2.64. The second-order valence-corrected chi connectivity index (χ2v) is 21.8. The van der Waals surface area contributed by atoms with E-state index in [1.807, 2.05) is 12.1 Å². The first-order valence-electron chi connectivity index (χ1n) is 22.6. The molecule has 3 saturated carbocycles. The average molecular weight is 815 g/mol. The number of carboxylic acid groups (broad SMARTS) is 1. The van der Waals surface area contributed by atoms with Crippen molar-refractivity contribution in [3.05, 3.63) is 69.3 Å². The van der Waals surface area contributed by atoms with Gasteiger partial charge in [0.15, 0.2) is 5.78 Å². The number of fused-ring (bicyclic) bond motifs is 7. The Bertz CT molecular complexity index is 1880. The molecule has 1 aromatic rings. The van der Waals surface area contributed by atoms with Gasteiger partial charge in [-0.1, -0.05) is 84.4 Å². The molecule has 318 valence electrons. The van der Waals surface area contributed by atoms with Gasteiger partial charge in [0.05, 0.1) is 11.3 Å². The summed E-state index contributed by atoms with van der Waals surface area (Å²) < 4.78 is 0. The molecule has 0 aromatic heterocycles. The predicted molar refractivity (Wildman–Crippen MR) is 234 cm³/mol. The summed E-state index contributed by atoms with van der Waals surface area (Å²) in [4.78, 5) is 45.4. The molecule has 0 spiro atoms. The van der Waals surface area contributed by atoms with Crippen LogP contribution in [0.15, 0.2) is 58.7 Å². The molecule has 7 rings (SSSR count). The molecule has 8 heteroatoms. The number of carbonyl (C=O) groups is 3. The first kappa shape index (κ1) is 43.4. The number of hydrogen-bond donors (Lipinski definition) is 2. The Labute approximate surface area is 354 Å². The lowest BCUT2D eigenvalue weighted by atomic mass is 9.33. The van der Waals surface area contributed by atoms with Gasteiger partial charge in [-0.2, -0.15) is 0 Å². The molecule has 0 saturated heterocycles. The number of hydrogen-bond acceptors (Lipinski definition) is 5. The molecule has 6 aliphatic carbocycles. The van der Waals surface area contributed by atoms with Crippen LogP contribution in [0, 0.1) is 56.7 Å². The van der Waals surface area contributed by atoms with Gasteiger partial charge in [0, 0.05) is 44.2 Å². The number of halogens is 1. The maximum atomic E-state index is 14.8. The smallest absolute Gasteiger partial charge is 0.306 e. The van der Waals surface area contributed by atoms with Crippen molar-refractivity contribution in [3.8, 4) is 0 Å². The second kappa shape index (κ2) is 15.9. The van der Waals surface area contributed by atoms with E-state index in [1.54, 1.807) is 0 Å². The summed E-state index contributed by atoms with van der Waals surface area (Å²) in [5, 5.41) is 13.8. The van der Waals surface area contributed by atoms with Crippen molar-refractivity contribution in [1.82, 2.24) is 15.1 Å². The van der Waals surface area contributed by atoms with Crippen molar-refractivity contribution in [3.63, 3.8) is 0 Å². The summed E-state index contributed by atoms with van der Waals surface area (Å²) in [6.07, 6.45) is 14.6. The molecule has 0 bridgehead atoms. The first-order valence-corrected chi connectivity index (χ1v) is 23.0. The highest BCUT2D eigenvalue weighted by atomic mass is 35.5. The van der Waals surface area contributed by atoms with Crippen molar-refractivity contribution in [1.29, 1.82) is 0 Å². The maximum absolute atomic E-state index is 14.8. The van der Waals surface area contributed by atoms with Gasteiger partial charge in [-0.3, -0.25) is 19.3 Å². The number of carbonyl (C=O) groups excluding carboxylic acids is 2. The van der Waals surface area contributed by atoms with E-state index in [1.165, 1.54) is 28.7 Å². The molecule has 0 radical (unpaired) electrons. The zero-order valence-electron chi connectivity index (χ0n) is 37.1. The van der Waals surface area contributed by atoms with E-state index < -0.39 is 11.4 Å². The van der Waals surface area contributed by atoms with E-state index in [2.05, 4.69) is 102 Å². The normalized spacial score (nSPS) is 35.6. The number of benzene rings is 1. The highest BCUT2D eigenvalue weighted by molar-refractivity contribution is 6.30. The molecular formula is C50H72ClN3O4. The number of amides is 1. The van der Waals surface area contributed by atoms with E-state index in [-0.39, 0.29) is 51.1 Å². The summed E-state index contributed by atoms with van der Waals surface area (Å²) in [5.41, 5.74) is 5.70. The van der Waals surface area contributed by atoms with Crippen LogP contribution >= 0.6 is 11.6 Å². The van der Waals surface area contributed by atoms with Crippen LogP contribution in [0.1, 0.15) is 125 Å². The summed E-state index contributed by atoms with van der Waals surface area (Å²) in [6, 6.07) is 8.04. The highest BCUT2D eigenvalue weighted by Gasteiger charge is 2.70. The van der Waals surface area contributed by atoms with E-state index in [0.29, 0.717) is 31.2 Å². The number of ketones is 1. The van der Waals surface area contributed by atoms with E-state index in [4.69, 9.17) is 11.6 Å². The van der Waals surface area contributed by atoms with Crippen LogP contribution in [0.4, 0.5) is 0 Å². The minimum atomic E-state index is -0.756. The standard InChI is InChI=1S/C50H72ClN3O4/c1-32(2)42-39(55)30-50(45(58)52-26-27-54(29-28-53(8)9)31-33-10-16-36(51)17-11-33)25-24-48(6)38(43(42)50)18-19-41-47(5)22-20-37(34-12-14-35(15-13-34)44(56)57)46(3,4)40(47)21-23-49(41,48)7/h10-12,16-17,20,32,35,38,40-41H,13-15,18-19,21-31H2,1-9H3,(H,52,58)(H,56,57)/t35-,38-,40+,41-,47+,48-,49-,50-/m1/s1. The Kier molecular flexibility index (Phi) is 11.9. The topological polar surface area (TPSA) is 89.9 Å². The largest absolute Gasteiger partial charge is 0.481 e. The van der Waals surface area contributed by atoms with Gasteiger partial charge in [0.1, 0.15) is 0 Å². The molecule has 0 aliphatic heterocycles. The third kappa shape index (κ3) is 7.19. The van der Waals surface area contributed by atoms with Gasteiger partial charge in [-0.05, 0) is 164 Å². The number of nitrogens with zero attached hydrogens (tertiary/aromatic N) is 2. The lowest BCUT2D eigenvalue weighted by Gasteiger charge is -2.71. The van der Waals surface area contributed by atoms with Crippen LogP contribution in [0.25, 0.3) is 0 Å². The summed E-state index contributed by atoms with van der Waals surface area (Å²) in [7, 11) is 4.18. The zero-order chi connectivity index (χ0) is 42.0. The van der Waals surface area contributed by atoms with Gasteiger partial charge in [-0.25, -0.2) is 0 Å². The highest BCUT2D eigenvalue weighted by Crippen LogP contribution is 2.76. The van der Waals surface area contributed by atoms with Gasteiger partial charge in [0.25, 0.3) is 0 Å². The van der Waals surface area contributed by atoms with Crippen molar-refractivity contribution in [2.24, 2.45) is 56.7 Å². The second-order valence-electron chi connectivity index (χ2n) is 21.3. The number of likely N-dealkylation sites (N-methyl/N-ethyl adjacent to an activating group) is 1.